The third kappa shape index (κ3) is 3.74. The molecule has 0 aliphatic carbocycles. The molecule has 18 heavy (non-hydrogen) atoms. The molecule has 0 aliphatic rings. The van der Waals surface area contributed by atoms with Crippen LogP contribution in [0.15, 0.2) is 12.1 Å². The molecule has 0 aromatic heterocycles. The number of benzene rings is 1. The van der Waals surface area contributed by atoms with Gasteiger partial charge in [-0.25, -0.2) is 0 Å². The minimum absolute atomic E-state index is 0.412. The van der Waals surface area contributed by atoms with Gasteiger partial charge in [-0.3, -0.25) is 0 Å². The Balaban J connectivity index is 2.73. The van der Waals surface area contributed by atoms with Crippen molar-refractivity contribution in [3.63, 3.8) is 0 Å². The molecular formula is C16H27NO. The van der Waals surface area contributed by atoms with E-state index in [1.807, 2.05) is 7.05 Å². The highest BCUT2D eigenvalue weighted by molar-refractivity contribution is 5.41. The van der Waals surface area contributed by atoms with E-state index in [0.717, 1.165) is 12.4 Å². The zero-order valence-electron chi connectivity index (χ0n) is 12.6. The smallest absolute Gasteiger partial charge is 0.122 e. The first-order valence-corrected chi connectivity index (χ1v) is 6.87. The summed E-state index contributed by atoms with van der Waals surface area (Å²) in [5.41, 5.74) is 3.81. The summed E-state index contributed by atoms with van der Waals surface area (Å²) in [6.07, 6.45) is 1.17. The second kappa shape index (κ2) is 6.79. The standard InChI is InChI=1S/C16H27NO/c1-7-12(3)15(17-6)10-18-16-9-11(2)8-13(4)14(16)5/h8-9,12,15,17H,7,10H2,1-6H3. The Labute approximate surface area is 112 Å². The molecule has 0 spiro atoms. The maximum absolute atomic E-state index is 6.01. The second-order valence-electron chi connectivity index (χ2n) is 5.30. The van der Waals surface area contributed by atoms with Gasteiger partial charge < -0.3 is 10.1 Å². The summed E-state index contributed by atoms with van der Waals surface area (Å²) in [5, 5.41) is 3.35. The minimum Gasteiger partial charge on any atom is -0.492 e. The SMILES string of the molecule is CCC(C)C(COc1cc(C)cc(C)c1C)NC. The lowest BCUT2D eigenvalue weighted by Crippen LogP contribution is -2.37. The number of hydrogen-bond donors (Lipinski definition) is 1. The predicted molar refractivity (Wildman–Crippen MR) is 78.5 cm³/mol. The summed E-state index contributed by atoms with van der Waals surface area (Å²) in [4.78, 5) is 0. The van der Waals surface area contributed by atoms with Crippen LogP contribution in [-0.2, 0) is 0 Å². The highest BCUT2D eigenvalue weighted by Gasteiger charge is 2.15. The zero-order valence-corrected chi connectivity index (χ0v) is 12.6. The number of rotatable bonds is 6. The van der Waals surface area contributed by atoms with Gasteiger partial charge in [-0.1, -0.05) is 26.3 Å². The van der Waals surface area contributed by atoms with Crippen molar-refractivity contribution in [1.82, 2.24) is 5.32 Å². The van der Waals surface area contributed by atoms with E-state index >= 15 is 0 Å². The highest BCUT2D eigenvalue weighted by Crippen LogP contribution is 2.23. The van der Waals surface area contributed by atoms with Crippen LogP contribution in [0.1, 0.15) is 37.0 Å². The molecule has 0 saturated carbocycles. The number of aryl methyl sites for hydroxylation is 2. The molecule has 0 heterocycles. The summed E-state index contributed by atoms with van der Waals surface area (Å²) < 4.78 is 6.01. The average Bonchev–Trinajstić information content (AvgIpc) is 2.35. The third-order valence-corrected chi connectivity index (χ3v) is 3.88. The van der Waals surface area contributed by atoms with E-state index in [9.17, 15) is 0 Å². The Hall–Kier alpha value is -1.02. The maximum atomic E-state index is 6.01. The van der Waals surface area contributed by atoms with Crippen LogP contribution in [0.3, 0.4) is 0 Å². The summed E-state index contributed by atoms with van der Waals surface area (Å²) >= 11 is 0. The van der Waals surface area contributed by atoms with Crippen molar-refractivity contribution in [1.29, 1.82) is 0 Å². The quantitative estimate of drug-likeness (QED) is 0.831. The normalized spacial score (nSPS) is 14.3. The van der Waals surface area contributed by atoms with Gasteiger partial charge >= 0.3 is 0 Å². The Morgan fingerprint density at radius 3 is 2.44 bits per heavy atom. The van der Waals surface area contributed by atoms with Gasteiger partial charge in [0.1, 0.15) is 12.4 Å². The molecule has 2 nitrogen and oxygen atoms in total. The number of nitrogens with one attached hydrogen (secondary N) is 1. The molecule has 0 saturated heterocycles. The van der Waals surface area contributed by atoms with Gasteiger partial charge in [0.25, 0.3) is 0 Å². The molecule has 2 unspecified atom stereocenters. The van der Waals surface area contributed by atoms with Crippen molar-refractivity contribution in [3.8, 4) is 5.75 Å². The minimum atomic E-state index is 0.412. The van der Waals surface area contributed by atoms with E-state index in [4.69, 9.17) is 4.74 Å². The van der Waals surface area contributed by atoms with Crippen LogP contribution in [0, 0.1) is 26.7 Å². The van der Waals surface area contributed by atoms with E-state index in [0.29, 0.717) is 12.0 Å². The molecular weight excluding hydrogens is 222 g/mol. The van der Waals surface area contributed by atoms with E-state index in [2.05, 4.69) is 52.1 Å². The van der Waals surface area contributed by atoms with Crippen molar-refractivity contribution < 1.29 is 4.74 Å². The number of ether oxygens (including phenoxy) is 1. The highest BCUT2D eigenvalue weighted by atomic mass is 16.5. The Kier molecular flexibility index (Phi) is 5.67. The van der Waals surface area contributed by atoms with Gasteiger partial charge in [0, 0.05) is 6.04 Å². The Bertz CT molecular complexity index is 387. The second-order valence-corrected chi connectivity index (χ2v) is 5.30. The lowest BCUT2D eigenvalue weighted by Gasteiger charge is -2.23. The lowest BCUT2D eigenvalue weighted by atomic mass is 10.00. The fourth-order valence-electron chi connectivity index (χ4n) is 2.15. The van der Waals surface area contributed by atoms with Gasteiger partial charge in [-0.2, -0.15) is 0 Å². The van der Waals surface area contributed by atoms with E-state index in [1.54, 1.807) is 0 Å². The van der Waals surface area contributed by atoms with Gasteiger partial charge in [-0.15, -0.1) is 0 Å². The van der Waals surface area contributed by atoms with Crippen LogP contribution in [-0.4, -0.2) is 19.7 Å². The predicted octanol–water partition coefficient (Wildman–Crippen LogP) is 3.62. The topological polar surface area (TPSA) is 21.3 Å². The van der Waals surface area contributed by atoms with Crippen molar-refractivity contribution in [2.45, 2.75) is 47.1 Å². The monoisotopic (exact) mass is 249 g/mol. The van der Waals surface area contributed by atoms with Crippen LogP contribution in [0.2, 0.25) is 0 Å². The molecule has 2 atom stereocenters. The van der Waals surface area contributed by atoms with Crippen molar-refractivity contribution >= 4 is 0 Å². The molecule has 102 valence electrons. The van der Waals surface area contributed by atoms with E-state index in [1.165, 1.54) is 23.1 Å². The van der Waals surface area contributed by atoms with Gasteiger partial charge in [0.15, 0.2) is 0 Å². The van der Waals surface area contributed by atoms with Crippen LogP contribution in [0.25, 0.3) is 0 Å². The molecule has 1 rings (SSSR count). The van der Waals surface area contributed by atoms with Crippen LogP contribution in [0.5, 0.6) is 5.75 Å². The number of likely N-dealkylation sites (N-methyl/N-ethyl adjacent to an activating group) is 1. The molecule has 0 amide bonds. The molecule has 1 aromatic rings. The first-order valence-electron chi connectivity index (χ1n) is 6.87. The van der Waals surface area contributed by atoms with E-state index in [-0.39, 0.29) is 0 Å². The zero-order chi connectivity index (χ0) is 13.7. The van der Waals surface area contributed by atoms with Crippen LogP contribution < -0.4 is 10.1 Å². The summed E-state index contributed by atoms with van der Waals surface area (Å²) in [7, 11) is 2.01. The third-order valence-electron chi connectivity index (χ3n) is 3.88. The largest absolute Gasteiger partial charge is 0.492 e. The lowest BCUT2D eigenvalue weighted by molar-refractivity contribution is 0.227. The van der Waals surface area contributed by atoms with Crippen molar-refractivity contribution in [2.24, 2.45) is 5.92 Å². The van der Waals surface area contributed by atoms with Crippen molar-refractivity contribution in [3.05, 3.63) is 28.8 Å². The summed E-state index contributed by atoms with van der Waals surface area (Å²) in [6, 6.07) is 4.74. The van der Waals surface area contributed by atoms with E-state index < -0.39 is 0 Å². The van der Waals surface area contributed by atoms with Gasteiger partial charge in [-0.05, 0) is 56.5 Å². The summed E-state index contributed by atoms with van der Waals surface area (Å²) in [6.45, 7) is 11.6. The molecule has 0 radical (unpaired) electrons. The molecule has 0 fully saturated rings. The van der Waals surface area contributed by atoms with Crippen LogP contribution >= 0.6 is 0 Å². The molecule has 1 aromatic carbocycles. The maximum Gasteiger partial charge on any atom is 0.122 e. The fourth-order valence-corrected chi connectivity index (χ4v) is 2.15. The van der Waals surface area contributed by atoms with Crippen molar-refractivity contribution in [2.75, 3.05) is 13.7 Å². The van der Waals surface area contributed by atoms with Gasteiger partial charge in [0.2, 0.25) is 0 Å². The Morgan fingerprint density at radius 1 is 1.22 bits per heavy atom. The number of hydrogen-bond acceptors (Lipinski definition) is 2. The fraction of sp³-hybridized carbons (Fsp3) is 0.625. The molecule has 2 heteroatoms. The summed E-state index contributed by atoms with van der Waals surface area (Å²) in [5.74, 6) is 1.65. The Morgan fingerprint density at radius 2 is 1.89 bits per heavy atom. The molecule has 0 bridgehead atoms. The first kappa shape index (κ1) is 15.0. The first-order chi connectivity index (χ1) is 8.49. The molecule has 1 N–H and O–H groups in total. The van der Waals surface area contributed by atoms with Gasteiger partial charge in [0.05, 0.1) is 0 Å². The van der Waals surface area contributed by atoms with Crippen LogP contribution in [0.4, 0.5) is 0 Å². The average molecular weight is 249 g/mol. The molecule has 0 aliphatic heterocycles.